The summed E-state index contributed by atoms with van der Waals surface area (Å²) in [6.07, 6.45) is 3.58. The van der Waals surface area contributed by atoms with E-state index in [2.05, 4.69) is 15.0 Å². The normalized spacial score (nSPS) is 14.1. The summed E-state index contributed by atoms with van der Waals surface area (Å²) in [5.41, 5.74) is 3.43. The zero-order valence-corrected chi connectivity index (χ0v) is 16.7. The molecule has 3 aromatic rings. The molecule has 3 heterocycles. The van der Waals surface area contributed by atoms with Crippen molar-refractivity contribution in [2.45, 2.75) is 20.5 Å². The summed E-state index contributed by atoms with van der Waals surface area (Å²) < 4.78 is 11.2. The lowest BCUT2D eigenvalue weighted by molar-refractivity contribution is 0.0742. The molecule has 7 heteroatoms. The number of aromatic nitrogens is 2. The number of nitrogens with zero attached hydrogens (tertiary/aromatic N) is 4. The standard InChI is InChI=1S/C22H24N4O3/c1-16-20(17(2)29-24-16)15-28-21-6-4-3-5-19(21)22(27)26-13-11-25(12-14-26)18-7-9-23-10-8-18/h3-10H,11-15H2,1-2H3. The van der Waals surface area contributed by atoms with Gasteiger partial charge in [0.15, 0.2) is 0 Å². The Morgan fingerprint density at radius 1 is 1.07 bits per heavy atom. The minimum Gasteiger partial charge on any atom is -0.488 e. The van der Waals surface area contributed by atoms with Crippen molar-refractivity contribution >= 4 is 11.6 Å². The smallest absolute Gasteiger partial charge is 0.257 e. The van der Waals surface area contributed by atoms with Crippen LogP contribution in [0.25, 0.3) is 0 Å². The lowest BCUT2D eigenvalue weighted by atomic mass is 10.1. The number of aryl methyl sites for hydroxylation is 2. The molecule has 0 aliphatic carbocycles. The topological polar surface area (TPSA) is 71.7 Å². The molecule has 0 spiro atoms. The average molecular weight is 392 g/mol. The molecule has 29 heavy (non-hydrogen) atoms. The largest absolute Gasteiger partial charge is 0.488 e. The Hall–Kier alpha value is -3.35. The van der Waals surface area contributed by atoms with Crippen molar-refractivity contribution in [1.29, 1.82) is 0 Å². The van der Waals surface area contributed by atoms with Gasteiger partial charge in [0, 0.05) is 44.3 Å². The molecule has 4 rings (SSSR count). The van der Waals surface area contributed by atoms with Crippen LogP contribution >= 0.6 is 0 Å². The summed E-state index contributed by atoms with van der Waals surface area (Å²) in [5.74, 6) is 1.31. The van der Waals surface area contributed by atoms with Gasteiger partial charge in [-0.05, 0) is 38.1 Å². The highest BCUT2D eigenvalue weighted by Gasteiger charge is 2.24. The zero-order valence-electron chi connectivity index (χ0n) is 16.7. The van der Waals surface area contributed by atoms with Crippen LogP contribution in [0.1, 0.15) is 27.4 Å². The summed E-state index contributed by atoms with van der Waals surface area (Å²) in [6, 6.07) is 11.4. The molecule has 0 N–H and O–H groups in total. The Bertz CT molecular complexity index is 959. The van der Waals surface area contributed by atoms with Gasteiger partial charge in [0.1, 0.15) is 18.1 Å². The second-order valence-electron chi connectivity index (χ2n) is 7.07. The predicted octanol–water partition coefficient (Wildman–Crippen LogP) is 3.23. The van der Waals surface area contributed by atoms with Crippen LogP contribution in [0, 0.1) is 13.8 Å². The fourth-order valence-electron chi connectivity index (χ4n) is 3.52. The van der Waals surface area contributed by atoms with Crippen LogP contribution in [0.15, 0.2) is 53.3 Å². The third-order valence-corrected chi connectivity index (χ3v) is 5.27. The Morgan fingerprint density at radius 3 is 2.48 bits per heavy atom. The van der Waals surface area contributed by atoms with E-state index in [0.29, 0.717) is 31.0 Å². The maximum Gasteiger partial charge on any atom is 0.257 e. The number of piperazine rings is 1. The van der Waals surface area contributed by atoms with E-state index in [1.165, 1.54) is 0 Å². The predicted molar refractivity (Wildman–Crippen MR) is 109 cm³/mol. The first kappa shape index (κ1) is 19.0. The molecule has 7 nitrogen and oxygen atoms in total. The van der Waals surface area contributed by atoms with Crippen LogP contribution in [0.4, 0.5) is 5.69 Å². The number of ether oxygens (including phenoxy) is 1. The number of hydrogen-bond donors (Lipinski definition) is 0. The highest BCUT2D eigenvalue weighted by molar-refractivity contribution is 5.97. The van der Waals surface area contributed by atoms with Gasteiger partial charge >= 0.3 is 0 Å². The second kappa shape index (κ2) is 8.34. The van der Waals surface area contributed by atoms with E-state index >= 15 is 0 Å². The molecule has 1 aliphatic heterocycles. The van der Waals surface area contributed by atoms with E-state index in [0.717, 1.165) is 35.8 Å². The first-order chi connectivity index (χ1) is 14.1. The fourth-order valence-corrected chi connectivity index (χ4v) is 3.52. The maximum atomic E-state index is 13.1. The molecule has 0 saturated carbocycles. The summed E-state index contributed by atoms with van der Waals surface area (Å²) in [6.45, 7) is 6.97. The van der Waals surface area contributed by atoms with Crippen LogP contribution < -0.4 is 9.64 Å². The van der Waals surface area contributed by atoms with Gasteiger partial charge in [-0.3, -0.25) is 9.78 Å². The first-order valence-electron chi connectivity index (χ1n) is 9.71. The molecule has 1 fully saturated rings. The summed E-state index contributed by atoms with van der Waals surface area (Å²) in [5, 5.41) is 3.95. The van der Waals surface area contributed by atoms with Crippen molar-refractivity contribution in [1.82, 2.24) is 15.0 Å². The molecule has 0 atom stereocenters. The van der Waals surface area contributed by atoms with Gasteiger partial charge in [-0.2, -0.15) is 0 Å². The number of amides is 1. The molecule has 1 aliphatic rings. The van der Waals surface area contributed by atoms with Gasteiger partial charge < -0.3 is 19.1 Å². The third kappa shape index (κ3) is 4.08. The van der Waals surface area contributed by atoms with Crippen molar-refractivity contribution < 1.29 is 14.1 Å². The van der Waals surface area contributed by atoms with E-state index < -0.39 is 0 Å². The quantitative estimate of drug-likeness (QED) is 0.664. The van der Waals surface area contributed by atoms with Crippen molar-refractivity contribution in [2.24, 2.45) is 0 Å². The van der Waals surface area contributed by atoms with Crippen molar-refractivity contribution in [3.63, 3.8) is 0 Å². The molecule has 2 aromatic heterocycles. The molecular weight excluding hydrogens is 368 g/mol. The van der Waals surface area contributed by atoms with Crippen LogP contribution in [-0.2, 0) is 6.61 Å². The van der Waals surface area contributed by atoms with Gasteiger partial charge in [0.05, 0.1) is 16.8 Å². The molecule has 1 aromatic carbocycles. The zero-order chi connectivity index (χ0) is 20.2. The number of carbonyl (C=O) groups is 1. The van der Waals surface area contributed by atoms with Gasteiger partial charge in [0.2, 0.25) is 0 Å². The van der Waals surface area contributed by atoms with Crippen molar-refractivity contribution in [2.75, 3.05) is 31.1 Å². The number of anilines is 1. The number of rotatable bonds is 5. The third-order valence-electron chi connectivity index (χ3n) is 5.27. The van der Waals surface area contributed by atoms with Crippen molar-refractivity contribution in [3.8, 4) is 5.75 Å². The number of hydrogen-bond acceptors (Lipinski definition) is 6. The number of benzene rings is 1. The second-order valence-corrected chi connectivity index (χ2v) is 7.07. The Labute approximate surface area is 169 Å². The Balaban J connectivity index is 1.43. The highest BCUT2D eigenvalue weighted by atomic mass is 16.5. The summed E-state index contributed by atoms with van der Waals surface area (Å²) in [4.78, 5) is 21.4. The first-order valence-corrected chi connectivity index (χ1v) is 9.71. The van der Waals surface area contributed by atoms with Gasteiger partial charge in [-0.1, -0.05) is 17.3 Å². The molecule has 150 valence electrons. The molecule has 1 amide bonds. The van der Waals surface area contributed by atoms with Crippen LogP contribution in [0.5, 0.6) is 5.75 Å². The van der Waals surface area contributed by atoms with Crippen molar-refractivity contribution in [3.05, 3.63) is 71.4 Å². The minimum atomic E-state index is -0.00580. The monoisotopic (exact) mass is 392 g/mol. The fraction of sp³-hybridized carbons (Fsp3) is 0.318. The lowest BCUT2D eigenvalue weighted by Gasteiger charge is -2.36. The van der Waals surface area contributed by atoms with E-state index in [1.54, 1.807) is 12.4 Å². The average Bonchev–Trinajstić information content (AvgIpc) is 3.10. The lowest BCUT2D eigenvalue weighted by Crippen LogP contribution is -2.48. The SMILES string of the molecule is Cc1noc(C)c1COc1ccccc1C(=O)N1CCN(c2ccncc2)CC1. The minimum absolute atomic E-state index is 0.00580. The number of pyridine rings is 1. The number of para-hydroxylation sites is 1. The maximum absolute atomic E-state index is 13.1. The van der Waals surface area contributed by atoms with Crippen LogP contribution in [0.3, 0.4) is 0 Å². The summed E-state index contributed by atoms with van der Waals surface area (Å²) in [7, 11) is 0. The van der Waals surface area contributed by atoms with Gasteiger partial charge in [-0.25, -0.2) is 0 Å². The Kier molecular flexibility index (Phi) is 5.46. The molecule has 1 saturated heterocycles. The summed E-state index contributed by atoms with van der Waals surface area (Å²) >= 11 is 0. The molecular formula is C22H24N4O3. The Morgan fingerprint density at radius 2 is 1.79 bits per heavy atom. The van der Waals surface area contributed by atoms with Gasteiger partial charge in [0.25, 0.3) is 5.91 Å². The van der Waals surface area contributed by atoms with Gasteiger partial charge in [-0.15, -0.1) is 0 Å². The molecule has 0 unspecified atom stereocenters. The molecule has 0 bridgehead atoms. The number of carbonyl (C=O) groups excluding carboxylic acids is 1. The highest BCUT2D eigenvalue weighted by Crippen LogP contribution is 2.24. The van der Waals surface area contributed by atoms with Crippen LogP contribution in [-0.4, -0.2) is 47.1 Å². The van der Waals surface area contributed by atoms with E-state index in [4.69, 9.17) is 9.26 Å². The van der Waals surface area contributed by atoms with E-state index in [1.807, 2.05) is 55.1 Å². The van der Waals surface area contributed by atoms with Crippen LogP contribution in [0.2, 0.25) is 0 Å². The van der Waals surface area contributed by atoms with E-state index in [-0.39, 0.29) is 5.91 Å². The van der Waals surface area contributed by atoms with E-state index in [9.17, 15) is 4.79 Å². The molecule has 0 radical (unpaired) electrons.